The highest BCUT2D eigenvalue weighted by molar-refractivity contribution is 7.86. The summed E-state index contributed by atoms with van der Waals surface area (Å²) in [5, 5.41) is 0. The molecule has 176 valence electrons. The second kappa shape index (κ2) is 10.6. The van der Waals surface area contributed by atoms with E-state index < -0.39 is 33.8 Å². The van der Waals surface area contributed by atoms with E-state index in [0.29, 0.717) is 5.92 Å². The molecule has 1 aromatic carbocycles. The van der Waals surface area contributed by atoms with E-state index in [0.717, 1.165) is 31.9 Å². The Morgan fingerprint density at radius 1 is 1.10 bits per heavy atom. The monoisotopic (exact) mass is 460 g/mol. The van der Waals surface area contributed by atoms with Crippen LogP contribution in [0.25, 0.3) is 0 Å². The molecular weight excluding hydrogens is 426 g/mol. The van der Waals surface area contributed by atoms with Crippen LogP contribution in [0.3, 0.4) is 0 Å². The highest BCUT2D eigenvalue weighted by atomic mass is 32.2. The van der Waals surface area contributed by atoms with Crippen LogP contribution in [0.5, 0.6) is 5.75 Å². The fourth-order valence-electron chi connectivity index (χ4n) is 5.13. The zero-order chi connectivity index (χ0) is 22.6. The van der Waals surface area contributed by atoms with Gasteiger partial charge in [-0.15, -0.1) is 0 Å². The van der Waals surface area contributed by atoms with E-state index in [4.69, 9.17) is 13.7 Å². The first kappa shape index (κ1) is 24.4. The average Bonchev–Trinajstić information content (AvgIpc) is 2.71. The number of hydrogen-bond acceptors (Lipinski definition) is 5. The molecule has 1 saturated heterocycles. The van der Waals surface area contributed by atoms with Crippen molar-refractivity contribution in [3.63, 3.8) is 0 Å². The van der Waals surface area contributed by atoms with E-state index in [9.17, 15) is 17.2 Å². The van der Waals surface area contributed by atoms with Crippen molar-refractivity contribution in [2.24, 2.45) is 11.8 Å². The SMILES string of the molecule is CCCC1CCC([C@H]2OC[C@H](c3ccc(OCC)c(F)c3F)C[C@@H]2OS(C)(=O)=O)CC1. The Balaban J connectivity index is 1.76. The molecule has 0 spiro atoms. The Hall–Kier alpha value is -1.25. The fraction of sp³-hybridized carbons (Fsp3) is 0.739. The van der Waals surface area contributed by atoms with Gasteiger partial charge in [-0.2, -0.15) is 12.8 Å². The molecule has 0 radical (unpaired) electrons. The van der Waals surface area contributed by atoms with E-state index >= 15 is 0 Å². The Morgan fingerprint density at radius 3 is 2.42 bits per heavy atom. The van der Waals surface area contributed by atoms with Gasteiger partial charge in [-0.1, -0.05) is 38.7 Å². The van der Waals surface area contributed by atoms with Crippen LogP contribution in [0.4, 0.5) is 8.78 Å². The average molecular weight is 461 g/mol. The van der Waals surface area contributed by atoms with E-state index in [1.165, 1.54) is 25.0 Å². The highest BCUT2D eigenvalue weighted by Crippen LogP contribution is 2.41. The number of benzene rings is 1. The summed E-state index contributed by atoms with van der Waals surface area (Å²) in [5.74, 6) is -1.71. The van der Waals surface area contributed by atoms with E-state index in [-0.39, 0.29) is 43.0 Å². The molecule has 0 unspecified atom stereocenters. The molecule has 2 fully saturated rings. The van der Waals surface area contributed by atoms with Gasteiger partial charge in [0, 0.05) is 5.92 Å². The molecule has 1 saturated carbocycles. The Kier molecular flexibility index (Phi) is 8.32. The second-order valence-electron chi connectivity index (χ2n) is 8.85. The number of halogens is 2. The van der Waals surface area contributed by atoms with Crippen LogP contribution in [0.1, 0.15) is 70.3 Å². The minimum absolute atomic E-state index is 0.133. The molecule has 1 aliphatic carbocycles. The normalized spacial score (nSPS) is 29.6. The zero-order valence-electron chi connectivity index (χ0n) is 18.6. The highest BCUT2D eigenvalue weighted by Gasteiger charge is 2.41. The lowest BCUT2D eigenvalue weighted by atomic mass is 9.75. The van der Waals surface area contributed by atoms with Crippen molar-refractivity contribution >= 4 is 10.1 Å². The fourth-order valence-corrected chi connectivity index (χ4v) is 5.77. The van der Waals surface area contributed by atoms with Crippen LogP contribution in [-0.4, -0.2) is 40.1 Å². The summed E-state index contributed by atoms with van der Waals surface area (Å²) in [4.78, 5) is 0. The molecule has 2 aliphatic rings. The first-order chi connectivity index (χ1) is 14.7. The molecule has 5 nitrogen and oxygen atoms in total. The van der Waals surface area contributed by atoms with Crippen molar-refractivity contribution < 1.29 is 30.9 Å². The van der Waals surface area contributed by atoms with E-state index in [1.54, 1.807) is 6.92 Å². The summed E-state index contributed by atoms with van der Waals surface area (Å²) in [6.07, 6.45) is 6.73. The molecule has 1 aromatic rings. The number of ether oxygens (including phenoxy) is 2. The van der Waals surface area contributed by atoms with Crippen molar-refractivity contribution in [1.29, 1.82) is 0 Å². The molecule has 0 aromatic heterocycles. The maximum absolute atomic E-state index is 14.7. The third-order valence-electron chi connectivity index (χ3n) is 6.54. The topological polar surface area (TPSA) is 61.8 Å². The largest absolute Gasteiger partial charge is 0.491 e. The molecule has 0 amide bonds. The van der Waals surface area contributed by atoms with E-state index in [2.05, 4.69) is 6.92 Å². The van der Waals surface area contributed by atoms with Gasteiger partial charge in [-0.05, 0) is 49.7 Å². The van der Waals surface area contributed by atoms with Crippen molar-refractivity contribution in [2.75, 3.05) is 19.5 Å². The molecule has 0 N–H and O–H groups in total. The van der Waals surface area contributed by atoms with Crippen LogP contribution < -0.4 is 4.74 Å². The van der Waals surface area contributed by atoms with Crippen molar-refractivity contribution in [3.8, 4) is 5.75 Å². The minimum atomic E-state index is -3.72. The van der Waals surface area contributed by atoms with Gasteiger partial charge in [0.2, 0.25) is 5.82 Å². The van der Waals surface area contributed by atoms with Gasteiger partial charge in [0.05, 0.1) is 25.6 Å². The van der Waals surface area contributed by atoms with Crippen LogP contribution in [0.2, 0.25) is 0 Å². The summed E-state index contributed by atoms with van der Waals surface area (Å²) < 4.78 is 69.6. The number of rotatable bonds is 8. The van der Waals surface area contributed by atoms with Crippen LogP contribution in [-0.2, 0) is 19.0 Å². The molecule has 3 atom stereocenters. The standard InChI is InChI=1S/C23H34F2O5S/c1-4-6-15-7-9-16(10-8-15)23-20(30-31(3,26)27)13-17(14-29-23)18-11-12-19(28-5-2)22(25)21(18)24/h11-12,15-17,20,23H,4-10,13-14H2,1-3H3/t15?,16?,17-,20+,23-/m1/s1. The third-order valence-corrected chi connectivity index (χ3v) is 7.14. The molecule has 31 heavy (non-hydrogen) atoms. The third kappa shape index (κ3) is 6.17. The predicted molar refractivity (Wildman–Crippen MR) is 115 cm³/mol. The first-order valence-corrected chi connectivity index (χ1v) is 13.2. The zero-order valence-corrected chi connectivity index (χ0v) is 19.4. The van der Waals surface area contributed by atoms with Crippen molar-refractivity contribution in [3.05, 3.63) is 29.3 Å². The van der Waals surface area contributed by atoms with Gasteiger partial charge in [-0.3, -0.25) is 4.18 Å². The Morgan fingerprint density at radius 2 is 1.81 bits per heavy atom. The Labute approximate surface area is 184 Å². The molecule has 0 bridgehead atoms. The number of hydrogen-bond donors (Lipinski definition) is 0. The minimum Gasteiger partial charge on any atom is -0.491 e. The predicted octanol–water partition coefficient (Wildman–Crippen LogP) is 5.19. The molecule has 8 heteroatoms. The second-order valence-corrected chi connectivity index (χ2v) is 10.5. The van der Waals surface area contributed by atoms with Gasteiger partial charge >= 0.3 is 0 Å². The van der Waals surface area contributed by atoms with Crippen molar-refractivity contribution in [1.82, 2.24) is 0 Å². The maximum atomic E-state index is 14.7. The summed E-state index contributed by atoms with van der Waals surface area (Å²) in [7, 11) is -3.72. The van der Waals surface area contributed by atoms with Gasteiger partial charge in [0.15, 0.2) is 11.6 Å². The van der Waals surface area contributed by atoms with Crippen LogP contribution >= 0.6 is 0 Å². The molecule has 1 aliphatic heterocycles. The lowest BCUT2D eigenvalue weighted by molar-refractivity contribution is -0.106. The van der Waals surface area contributed by atoms with Crippen LogP contribution in [0.15, 0.2) is 12.1 Å². The molecule has 3 rings (SSSR count). The summed E-state index contributed by atoms with van der Waals surface area (Å²) >= 11 is 0. The quantitative estimate of drug-likeness (QED) is 0.500. The molecular formula is C23H34F2O5S. The lowest BCUT2D eigenvalue weighted by Gasteiger charge is -2.42. The molecule has 1 heterocycles. The van der Waals surface area contributed by atoms with Crippen LogP contribution in [0, 0.1) is 23.5 Å². The van der Waals surface area contributed by atoms with E-state index in [1.807, 2.05) is 0 Å². The smallest absolute Gasteiger partial charge is 0.264 e. The summed E-state index contributed by atoms with van der Waals surface area (Å²) in [6.45, 7) is 4.32. The van der Waals surface area contributed by atoms with Gasteiger partial charge in [0.1, 0.15) is 6.10 Å². The Bertz CT molecular complexity index is 837. The summed E-state index contributed by atoms with van der Waals surface area (Å²) in [5.41, 5.74) is 0.160. The van der Waals surface area contributed by atoms with Gasteiger partial charge in [0.25, 0.3) is 10.1 Å². The van der Waals surface area contributed by atoms with Gasteiger partial charge < -0.3 is 9.47 Å². The van der Waals surface area contributed by atoms with Crippen molar-refractivity contribution in [2.45, 2.75) is 76.9 Å². The summed E-state index contributed by atoms with van der Waals surface area (Å²) in [6, 6.07) is 2.90. The lowest BCUT2D eigenvalue weighted by Crippen LogP contribution is -2.46. The maximum Gasteiger partial charge on any atom is 0.264 e. The first-order valence-electron chi connectivity index (χ1n) is 11.3. The van der Waals surface area contributed by atoms with Gasteiger partial charge in [-0.25, -0.2) is 4.39 Å².